The molecule has 22 heteroatoms. The molecule has 5 fully saturated rings. The van der Waals surface area contributed by atoms with Gasteiger partial charge in [-0.2, -0.15) is 0 Å². The molecule has 87 heavy (non-hydrogen) atoms. The SMILES string of the molecule is C/C=C\C=C\C1OC(O)(C(COC2CC(OC)C(OC3CC(OC)C(OC4CC(OC)C(O)C(C)O4)C(C)O3)C(C)O2)C(=O)NC/C=C/C=C(\C)C(OC)C(C)[C@H]2C[C@@H](O)[C@@H](/C=C/C=C/C=C/C(=O)O)O2)C(OC(=O)Cc2ccccc2)C(O)C1(C)C. The molecule has 6 N–H and O–H groups in total. The summed E-state index contributed by atoms with van der Waals surface area (Å²) < 4.78 is 80.6. The van der Waals surface area contributed by atoms with E-state index in [1.807, 2.05) is 33.8 Å². The number of carboxylic acids is 1. The first-order valence-corrected chi connectivity index (χ1v) is 30.0. The molecule has 1 aromatic carbocycles. The van der Waals surface area contributed by atoms with E-state index in [2.05, 4.69) is 5.32 Å². The molecule has 0 aromatic heterocycles. The average molecular weight is 1230 g/mol. The Balaban J connectivity index is 1.19. The molecular formula is C65H95NO21. The maximum Gasteiger partial charge on any atom is 0.328 e. The molecule has 22 atom stereocenters. The first kappa shape index (κ1) is 71.2. The molecule has 0 radical (unpaired) electrons. The molecule has 5 aliphatic heterocycles. The van der Waals surface area contributed by atoms with Crippen molar-refractivity contribution in [3.8, 4) is 0 Å². The third-order valence-electron chi connectivity index (χ3n) is 16.9. The van der Waals surface area contributed by atoms with E-state index in [1.54, 1.807) is 133 Å². The lowest BCUT2D eigenvalue weighted by Crippen LogP contribution is -2.71. The standard InChI is InChI=1S/C65H95NO21/c1-13-14-18-29-51-64(7,8)61(72)62(84-53(70)32-43-26-19-17-20-27-43)65(74,87-51)44(63(73)66-31-24-23-25-38(2)58(78-12)39(3)47-33-45(67)46(83-47)28-21-15-16-22-30-52(68)69)37-79-54-35-49(76-10)59(41(5)81-54)86-56-36-50(77-11)60(42(6)82-56)85-55-34-48(75-9)57(71)40(4)80-55/h13-30,39-42,44-51,54-62,67,71-72,74H,31-37H2,1-12H3,(H,66,73)(H,68,69)/b14-13-,16-15+,24-23+,28-21+,29-18+,30-22+,38-25+/t39?,40?,41?,42?,44?,45-,46-,47-,48?,49?,50?,51?,54?,55?,56?,57?,58?,59?,60?,61?,62?,65?/m1/s1. The van der Waals surface area contributed by atoms with E-state index in [9.17, 15) is 34.8 Å². The van der Waals surface area contributed by atoms with Crippen LogP contribution < -0.4 is 5.32 Å². The number of hydrogen-bond donors (Lipinski definition) is 6. The zero-order valence-corrected chi connectivity index (χ0v) is 52.2. The van der Waals surface area contributed by atoms with Crippen molar-refractivity contribution in [1.29, 1.82) is 0 Å². The van der Waals surface area contributed by atoms with Gasteiger partial charge < -0.3 is 92.4 Å². The van der Waals surface area contributed by atoms with Gasteiger partial charge in [-0.3, -0.25) is 9.59 Å². The van der Waals surface area contributed by atoms with E-state index < -0.39 is 152 Å². The summed E-state index contributed by atoms with van der Waals surface area (Å²) in [4.78, 5) is 39.5. The Labute approximate surface area is 512 Å². The number of nitrogens with one attached hydrogen (secondary N) is 1. The summed E-state index contributed by atoms with van der Waals surface area (Å²) in [5.41, 5.74) is 0.265. The number of aliphatic carboxylic acids is 1. The van der Waals surface area contributed by atoms with E-state index in [-0.39, 0.29) is 37.8 Å². The summed E-state index contributed by atoms with van der Waals surface area (Å²) >= 11 is 0. The van der Waals surface area contributed by atoms with Gasteiger partial charge in [0.05, 0.1) is 74.1 Å². The molecule has 19 unspecified atom stereocenters. The van der Waals surface area contributed by atoms with Gasteiger partial charge in [-0.25, -0.2) is 4.79 Å². The van der Waals surface area contributed by atoms with Crippen molar-refractivity contribution in [3.63, 3.8) is 0 Å². The third kappa shape index (κ3) is 19.1. The molecule has 6 rings (SSSR count). The third-order valence-corrected chi connectivity index (χ3v) is 16.9. The van der Waals surface area contributed by atoms with Crippen molar-refractivity contribution in [1.82, 2.24) is 5.32 Å². The molecule has 0 spiro atoms. The van der Waals surface area contributed by atoms with Gasteiger partial charge in [0.15, 0.2) is 25.0 Å². The van der Waals surface area contributed by atoms with Crippen LogP contribution >= 0.6 is 0 Å². The van der Waals surface area contributed by atoms with Gasteiger partial charge in [0.25, 0.3) is 0 Å². The maximum absolute atomic E-state index is 14.9. The smallest absolute Gasteiger partial charge is 0.328 e. The van der Waals surface area contributed by atoms with E-state index in [4.69, 9.17) is 66.7 Å². The van der Waals surface area contributed by atoms with Gasteiger partial charge in [-0.05, 0) is 45.8 Å². The van der Waals surface area contributed by atoms with Crippen LogP contribution in [0.1, 0.15) is 86.6 Å². The van der Waals surface area contributed by atoms with Crippen molar-refractivity contribution in [3.05, 3.63) is 120 Å². The monoisotopic (exact) mass is 1230 g/mol. The van der Waals surface area contributed by atoms with Crippen LogP contribution in [-0.4, -0.2) is 207 Å². The molecule has 0 bridgehead atoms. The molecule has 0 aliphatic carbocycles. The molecular weight excluding hydrogens is 1130 g/mol. The van der Waals surface area contributed by atoms with Crippen LogP contribution in [-0.2, 0) is 82.4 Å². The quantitative estimate of drug-likeness (QED) is 0.0343. The lowest BCUT2D eigenvalue weighted by atomic mass is 9.71. The van der Waals surface area contributed by atoms with Crippen LogP contribution in [0.4, 0.5) is 0 Å². The van der Waals surface area contributed by atoms with Gasteiger partial charge >= 0.3 is 11.9 Å². The minimum atomic E-state index is -2.71. The van der Waals surface area contributed by atoms with Gasteiger partial charge in [-0.1, -0.05) is 124 Å². The topological polar surface area (TPSA) is 284 Å². The number of methoxy groups -OCH3 is 4. The number of benzene rings is 1. The van der Waals surface area contributed by atoms with Crippen molar-refractivity contribution >= 4 is 17.8 Å². The van der Waals surface area contributed by atoms with Crippen LogP contribution in [0.25, 0.3) is 0 Å². The molecule has 0 saturated carbocycles. The van der Waals surface area contributed by atoms with E-state index >= 15 is 0 Å². The summed E-state index contributed by atoms with van der Waals surface area (Å²) in [5.74, 6) is -7.19. The van der Waals surface area contributed by atoms with Crippen molar-refractivity contribution < 1.29 is 101 Å². The second kappa shape index (κ2) is 33.8. The number of carbonyl (C=O) groups is 3. The Morgan fingerprint density at radius 1 is 0.759 bits per heavy atom. The lowest BCUT2D eigenvalue weighted by molar-refractivity contribution is -0.368. The number of hydrogen-bond acceptors (Lipinski definition) is 20. The van der Waals surface area contributed by atoms with Gasteiger partial charge in [-0.15, -0.1) is 0 Å². The first-order chi connectivity index (χ1) is 41.5. The largest absolute Gasteiger partial charge is 0.478 e. The molecule has 486 valence electrons. The zero-order chi connectivity index (χ0) is 63.6. The number of esters is 1. The van der Waals surface area contributed by atoms with E-state index in [1.165, 1.54) is 20.3 Å². The van der Waals surface area contributed by atoms with Gasteiger partial charge in [0, 0.05) is 78.1 Å². The van der Waals surface area contributed by atoms with Crippen molar-refractivity contribution in [2.45, 2.75) is 210 Å². The highest BCUT2D eigenvalue weighted by molar-refractivity contribution is 5.81. The van der Waals surface area contributed by atoms with Gasteiger partial charge in [0.1, 0.15) is 36.4 Å². The van der Waals surface area contributed by atoms with Gasteiger partial charge in [0.2, 0.25) is 11.7 Å². The number of carbonyl (C=O) groups excluding carboxylic acids is 2. The number of aliphatic hydroxyl groups is 4. The Morgan fingerprint density at radius 2 is 1.36 bits per heavy atom. The second-order valence-corrected chi connectivity index (χ2v) is 23.5. The number of amides is 1. The molecule has 5 aliphatic rings. The predicted molar refractivity (Wildman–Crippen MR) is 318 cm³/mol. The van der Waals surface area contributed by atoms with Crippen LogP contribution in [0.2, 0.25) is 0 Å². The molecule has 22 nitrogen and oxygen atoms in total. The van der Waals surface area contributed by atoms with E-state index in [0.29, 0.717) is 18.4 Å². The number of rotatable bonds is 28. The minimum Gasteiger partial charge on any atom is -0.478 e. The van der Waals surface area contributed by atoms with Crippen molar-refractivity contribution in [2.75, 3.05) is 41.6 Å². The Hall–Kier alpha value is -4.83. The number of aliphatic hydroxyl groups excluding tert-OH is 3. The summed E-state index contributed by atoms with van der Waals surface area (Å²) in [6.45, 7) is 13.9. The summed E-state index contributed by atoms with van der Waals surface area (Å²) in [6.07, 6.45) is 7.66. The first-order valence-electron chi connectivity index (χ1n) is 30.0. The van der Waals surface area contributed by atoms with Crippen LogP contribution in [0.3, 0.4) is 0 Å². The lowest BCUT2D eigenvalue weighted by Gasteiger charge is -2.54. The number of ether oxygens (including phenoxy) is 13. The fourth-order valence-corrected chi connectivity index (χ4v) is 11.8. The minimum absolute atomic E-state index is 0.0572. The molecule has 5 heterocycles. The second-order valence-electron chi connectivity index (χ2n) is 23.5. The highest BCUT2D eigenvalue weighted by Crippen LogP contribution is 2.46. The van der Waals surface area contributed by atoms with Crippen LogP contribution in [0.5, 0.6) is 0 Å². The average Bonchev–Trinajstić information content (AvgIpc) is 1.73. The Bertz CT molecular complexity index is 2530. The normalized spacial score (nSPS) is 36.3. The highest BCUT2D eigenvalue weighted by atomic mass is 16.7. The fourth-order valence-electron chi connectivity index (χ4n) is 11.8. The highest BCUT2D eigenvalue weighted by Gasteiger charge is 2.63. The van der Waals surface area contributed by atoms with Crippen molar-refractivity contribution in [2.24, 2.45) is 17.3 Å². The number of allylic oxidation sites excluding steroid dienone is 9. The van der Waals surface area contributed by atoms with Crippen LogP contribution in [0.15, 0.2) is 115 Å². The maximum atomic E-state index is 14.9. The number of carboxylic acid groups (broad SMARTS) is 1. The summed E-state index contributed by atoms with van der Waals surface area (Å²) in [7, 11) is 6.24. The fraction of sp³-hybridized carbons (Fsp3) is 0.646. The summed E-state index contributed by atoms with van der Waals surface area (Å²) in [5, 5.41) is 58.5. The summed E-state index contributed by atoms with van der Waals surface area (Å²) in [6, 6.07) is 8.84. The molecule has 1 amide bonds. The van der Waals surface area contributed by atoms with E-state index in [0.717, 1.165) is 11.6 Å². The molecule has 5 saturated heterocycles. The zero-order valence-electron chi connectivity index (χ0n) is 52.2. The molecule has 1 aromatic rings. The Morgan fingerprint density at radius 3 is 1.98 bits per heavy atom. The predicted octanol–water partition coefficient (Wildman–Crippen LogP) is 5.50. The Kier molecular flexibility index (Phi) is 27.7. The van der Waals surface area contributed by atoms with Crippen LogP contribution in [0, 0.1) is 17.3 Å².